The van der Waals surface area contributed by atoms with Gasteiger partial charge in [-0.2, -0.15) is 0 Å². The van der Waals surface area contributed by atoms with Crippen molar-refractivity contribution < 1.29 is 10.0 Å². The Bertz CT molecular complexity index is 388. The van der Waals surface area contributed by atoms with Crippen molar-refractivity contribution in [2.45, 2.75) is 58.8 Å². The molecule has 20 heavy (non-hydrogen) atoms. The second-order valence-corrected chi connectivity index (χ2v) is 6.42. The van der Waals surface area contributed by atoms with Crippen LogP contribution >= 0.6 is 0 Å². The Morgan fingerprint density at radius 2 is 1.75 bits per heavy atom. The van der Waals surface area contributed by atoms with Crippen LogP contribution in [0, 0.1) is 10.8 Å². The summed E-state index contributed by atoms with van der Waals surface area (Å²) in [6, 6.07) is 0. The predicted molar refractivity (Wildman–Crippen MR) is 78.5 cm³/mol. The smallest absolute Gasteiger partial charge is 0.236 e. The lowest BCUT2D eigenvalue weighted by atomic mass is 9.66. The van der Waals surface area contributed by atoms with Crippen LogP contribution in [0.4, 0.5) is 0 Å². The minimum atomic E-state index is -0.715. The van der Waals surface area contributed by atoms with Crippen molar-refractivity contribution in [3.05, 3.63) is 0 Å². The van der Waals surface area contributed by atoms with Crippen molar-refractivity contribution in [3.8, 4) is 0 Å². The maximum absolute atomic E-state index is 12.7. The van der Waals surface area contributed by atoms with E-state index >= 15 is 0 Å². The van der Waals surface area contributed by atoms with E-state index in [1.807, 2.05) is 4.90 Å². The summed E-state index contributed by atoms with van der Waals surface area (Å²) >= 11 is 0. The molecule has 0 aromatic rings. The number of oxime groups is 1. The van der Waals surface area contributed by atoms with Gasteiger partial charge in [-0.05, 0) is 31.1 Å². The Balaban J connectivity index is 2.05. The molecule has 2 aliphatic rings. The summed E-state index contributed by atoms with van der Waals surface area (Å²) < 4.78 is 0. The van der Waals surface area contributed by atoms with E-state index in [1.165, 1.54) is 12.8 Å². The minimum Gasteiger partial charge on any atom is -0.409 e. The first-order valence-corrected chi connectivity index (χ1v) is 7.81. The molecule has 0 atom stereocenters. The molecule has 1 aliphatic carbocycles. The average molecular weight is 281 g/mol. The number of likely N-dealkylation sites (tertiary alicyclic amines) is 1. The molecular formula is C15H27N3O2. The van der Waals surface area contributed by atoms with Gasteiger partial charge in [-0.15, -0.1) is 0 Å². The maximum atomic E-state index is 12.7. The van der Waals surface area contributed by atoms with Gasteiger partial charge in [0.2, 0.25) is 5.91 Å². The van der Waals surface area contributed by atoms with Crippen LogP contribution in [0.3, 0.4) is 0 Å². The molecule has 1 saturated carbocycles. The van der Waals surface area contributed by atoms with Crippen molar-refractivity contribution in [2.75, 3.05) is 13.1 Å². The molecular weight excluding hydrogens is 254 g/mol. The fourth-order valence-electron chi connectivity index (χ4n) is 3.65. The molecule has 0 unspecified atom stereocenters. The Morgan fingerprint density at radius 3 is 2.10 bits per heavy atom. The third-order valence-electron chi connectivity index (χ3n) is 5.83. The Kier molecular flexibility index (Phi) is 4.25. The number of carbonyl (C=O) groups is 1. The molecule has 0 spiro atoms. The van der Waals surface area contributed by atoms with Gasteiger partial charge in [-0.3, -0.25) is 4.79 Å². The number of nitrogens with zero attached hydrogens (tertiary/aromatic N) is 2. The zero-order valence-corrected chi connectivity index (χ0v) is 12.7. The first-order chi connectivity index (χ1) is 9.53. The molecule has 5 nitrogen and oxygen atoms in total. The lowest BCUT2D eigenvalue weighted by molar-refractivity contribution is -0.144. The summed E-state index contributed by atoms with van der Waals surface area (Å²) in [6.07, 6.45) is 6.89. The number of carbonyl (C=O) groups excluding carboxylic acids is 1. The first kappa shape index (κ1) is 15.1. The van der Waals surface area contributed by atoms with Crippen molar-refractivity contribution in [1.29, 1.82) is 0 Å². The highest BCUT2D eigenvalue weighted by atomic mass is 16.4. The third-order valence-corrected chi connectivity index (χ3v) is 5.83. The number of piperidine rings is 1. The van der Waals surface area contributed by atoms with E-state index in [-0.39, 0.29) is 11.7 Å². The third kappa shape index (κ3) is 2.27. The van der Waals surface area contributed by atoms with Crippen LogP contribution in [0.2, 0.25) is 0 Å². The Labute approximate surface area is 121 Å². The van der Waals surface area contributed by atoms with Gasteiger partial charge in [0.25, 0.3) is 0 Å². The molecule has 2 fully saturated rings. The van der Waals surface area contributed by atoms with Crippen LogP contribution < -0.4 is 5.73 Å². The fourth-order valence-corrected chi connectivity index (χ4v) is 3.65. The van der Waals surface area contributed by atoms with Crippen molar-refractivity contribution in [3.63, 3.8) is 0 Å². The van der Waals surface area contributed by atoms with E-state index in [0.29, 0.717) is 18.3 Å². The first-order valence-electron chi connectivity index (χ1n) is 7.81. The number of amides is 1. The standard InChI is InChI=1S/C15H27N3O2/c1-3-14(4-2)8-10-18(11-9-14)13(19)15(6-5-7-15)12(16)17-20/h20H,3-11H2,1-2H3,(H2,16,17). The van der Waals surface area contributed by atoms with Gasteiger partial charge in [0.1, 0.15) is 5.41 Å². The highest BCUT2D eigenvalue weighted by Gasteiger charge is 2.51. The topological polar surface area (TPSA) is 78.9 Å². The van der Waals surface area contributed by atoms with Gasteiger partial charge < -0.3 is 15.8 Å². The summed E-state index contributed by atoms with van der Waals surface area (Å²) in [5, 5.41) is 12.0. The van der Waals surface area contributed by atoms with Crippen molar-refractivity contribution in [1.82, 2.24) is 4.90 Å². The van der Waals surface area contributed by atoms with Gasteiger partial charge in [0.15, 0.2) is 5.84 Å². The van der Waals surface area contributed by atoms with E-state index < -0.39 is 5.41 Å². The monoisotopic (exact) mass is 281 g/mol. The normalized spacial score (nSPS) is 25.1. The van der Waals surface area contributed by atoms with E-state index in [4.69, 9.17) is 10.9 Å². The Morgan fingerprint density at radius 1 is 1.20 bits per heavy atom. The molecule has 114 valence electrons. The van der Waals surface area contributed by atoms with Crippen LogP contribution in [0.15, 0.2) is 5.16 Å². The van der Waals surface area contributed by atoms with Gasteiger partial charge in [0, 0.05) is 13.1 Å². The number of amidine groups is 1. The van der Waals surface area contributed by atoms with Crippen LogP contribution in [0.1, 0.15) is 58.8 Å². The predicted octanol–water partition coefficient (Wildman–Crippen LogP) is 2.33. The zero-order chi connectivity index (χ0) is 14.8. The molecule has 5 heteroatoms. The lowest BCUT2D eigenvalue weighted by Gasteiger charge is -2.46. The van der Waals surface area contributed by atoms with Crippen LogP contribution in [0.5, 0.6) is 0 Å². The number of rotatable bonds is 4. The van der Waals surface area contributed by atoms with Crippen molar-refractivity contribution >= 4 is 11.7 Å². The SMILES string of the molecule is CCC1(CC)CCN(C(=O)C2(C(N)=NO)CCC2)CC1. The summed E-state index contributed by atoms with van der Waals surface area (Å²) in [5.74, 6) is 0.163. The Hall–Kier alpha value is -1.26. The summed E-state index contributed by atoms with van der Waals surface area (Å²) in [6.45, 7) is 6.09. The quantitative estimate of drug-likeness (QED) is 0.359. The summed E-state index contributed by atoms with van der Waals surface area (Å²) in [4.78, 5) is 14.7. The van der Waals surface area contributed by atoms with E-state index in [1.54, 1.807) is 0 Å². The van der Waals surface area contributed by atoms with Gasteiger partial charge in [-0.25, -0.2) is 0 Å². The molecule has 1 heterocycles. The van der Waals surface area contributed by atoms with Crippen LogP contribution in [0.25, 0.3) is 0 Å². The molecule has 1 aliphatic heterocycles. The van der Waals surface area contributed by atoms with Gasteiger partial charge in [0.05, 0.1) is 0 Å². The summed E-state index contributed by atoms with van der Waals surface area (Å²) in [5.41, 5.74) is 5.47. The molecule has 3 N–H and O–H groups in total. The maximum Gasteiger partial charge on any atom is 0.236 e. The summed E-state index contributed by atoms with van der Waals surface area (Å²) in [7, 11) is 0. The molecule has 0 radical (unpaired) electrons. The van der Waals surface area contributed by atoms with Crippen molar-refractivity contribution in [2.24, 2.45) is 21.7 Å². The highest BCUT2D eigenvalue weighted by molar-refractivity contribution is 6.07. The second-order valence-electron chi connectivity index (χ2n) is 6.42. The number of hydrogen-bond donors (Lipinski definition) is 2. The molecule has 2 rings (SSSR count). The van der Waals surface area contributed by atoms with Gasteiger partial charge in [-0.1, -0.05) is 38.3 Å². The largest absolute Gasteiger partial charge is 0.409 e. The lowest BCUT2D eigenvalue weighted by Crippen LogP contribution is -2.57. The number of hydrogen-bond acceptors (Lipinski definition) is 3. The van der Waals surface area contributed by atoms with Crippen LogP contribution in [-0.2, 0) is 4.79 Å². The van der Waals surface area contributed by atoms with Crippen LogP contribution in [-0.4, -0.2) is 34.9 Å². The second kappa shape index (κ2) is 5.62. The average Bonchev–Trinajstić information content (AvgIpc) is 2.45. The number of nitrogens with two attached hydrogens (primary N) is 1. The molecule has 0 bridgehead atoms. The molecule has 1 saturated heterocycles. The minimum absolute atomic E-state index is 0.0693. The fraction of sp³-hybridized carbons (Fsp3) is 0.867. The molecule has 0 aromatic carbocycles. The van der Waals surface area contributed by atoms with E-state index in [2.05, 4.69) is 19.0 Å². The highest BCUT2D eigenvalue weighted by Crippen LogP contribution is 2.45. The van der Waals surface area contributed by atoms with Gasteiger partial charge >= 0.3 is 0 Å². The van der Waals surface area contributed by atoms with E-state index in [9.17, 15) is 4.79 Å². The zero-order valence-electron chi connectivity index (χ0n) is 12.7. The van der Waals surface area contributed by atoms with E-state index in [0.717, 1.165) is 32.4 Å². The molecule has 0 aromatic heterocycles. The molecule has 1 amide bonds.